The molecule has 0 aromatic carbocycles. The van der Waals surface area contributed by atoms with E-state index in [-0.39, 0.29) is 11.7 Å². The third-order valence-corrected chi connectivity index (χ3v) is 2.04. The fraction of sp³-hybridized carbons (Fsp3) is 1.00. The van der Waals surface area contributed by atoms with Crippen molar-refractivity contribution in [3.05, 3.63) is 0 Å². The maximum Gasteiger partial charge on any atom is 0.163 e. The smallest absolute Gasteiger partial charge is 0.163 e. The highest BCUT2D eigenvalue weighted by Crippen LogP contribution is 2.24. The van der Waals surface area contributed by atoms with Gasteiger partial charge in [-0.05, 0) is 41.0 Å². The van der Waals surface area contributed by atoms with Crippen LogP contribution in [0.4, 0.5) is 0 Å². The van der Waals surface area contributed by atoms with Crippen molar-refractivity contribution in [1.29, 1.82) is 0 Å². The molecule has 1 rings (SSSR count). The summed E-state index contributed by atoms with van der Waals surface area (Å²) in [5.74, 6) is -0.410. The first-order valence-corrected chi connectivity index (χ1v) is 5.24. The lowest BCUT2D eigenvalue weighted by atomic mass is 10.2. The Balaban J connectivity index is 2.15. The Morgan fingerprint density at radius 1 is 1.36 bits per heavy atom. The predicted octanol–water partition coefficient (Wildman–Crippen LogP) is 2.34. The lowest BCUT2D eigenvalue weighted by Gasteiger charge is -2.21. The van der Waals surface area contributed by atoms with E-state index in [2.05, 4.69) is 20.8 Å². The maximum atomic E-state index is 5.66. The van der Waals surface area contributed by atoms with Crippen molar-refractivity contribution in [2.45, 2.75) is 58.5 Å². The summed E-state index contributed by atoms with van der Waals surface area (Å²) < 4.78 is 16.7. The van der Waals surface area contributed by atoms with Gasteiger partial charge in [0.1, 0.15) is 0 Å². The van der Waals surface area contributed by atoms with Crippen LogP contribution in [0.15, 0.2) is 0 Å². The van der Waals surface area contributed by atoms with Gasteiger partial charge >= 0.3 is 0 Å². The Labute approximate surface area is 86.7 Å². The molecule has 0 amide bonds. The van der Waals surface area contributed by atoms with Crippen LogP contribution < -0.4 is 0 Å². The van der Waals surface area contributed by atoms with E-state index in [9.17, 15) is 0 Å². The van der Waals surface area contributed by atoms with E-state index in [4.69, 9.17) is 14.2 Å². The summed E-state index contributed by atoms with van der Waals surface area (Å²) in [6.45, 7) is 11.5. The van der Waals surface area contributed by atoms with E-state index in [1.807, 2.05) is 13.8 Å². The van der Waals surface area contributed by atoms with Gasteiger partial charge in [-0.25, -0.2) is 0 Å². The first-order valence-electron chi connectivity index (χ1n) is 5.24. The zero-order chi connectivity index (χ0) is 10.8. The number of ether oxygens (including phenoxy) is 3. The fourth-order valence-electron chi connectivity index (χ4n) is 1.40. The summed E-state index contributed by atoms with van der Waals surface area (Å²) in [5.41, 5.74) is -0.0605. The highest BCUT2D eigenvalue weighted by atomic mass is 16.7. The molecule has 0 aromatic heterocycles. The summed E-state index contributed by atoms with van der Waals surface area (Å²) in [6, 6.07) is 0. The molecule has 3 heteroatoms. The molecule has 84 valence electrons. The van der Waals surface area contributed by atoms with Crippen molar-refractivity contribution in [2.24, 2.45) is 0 Å². The lowest BCUT2D eigenvalue weighted by Crippen LogP contribution is -2.24. The number of hydrogen-bond acceptors (Lipinski definition) is 3. The second kappa shape index (κ2) is 4.17. The molecule has 1 heterocycles. The van der Waals surface area contributed by atoms with E-state index in [0.717, 1.165) is 13.0 Å². The van der Waals surface area contributed by atoms with Crippen molar-refractivity contribution in [3.8, 4) is 0 Å². The van der Waals surface area contributed by atoms with Crippen molar-refractivity contribution < 1.29 is 14.2 Å². The SMILES string of the molecule is CC(C)(C)OCCC1COC(C)(C)O1. The zero-order valence-corrected chi connectivity index (χ0v) is 9.92. The third kappa shape index (κ3) is 4.40. The van der Waals surface area contributed by atoms with Gasteiger partial charge in [0.15, 0.2) is 5.79 Å². The van der Waals surface area contributed by atoms with Crippen LogP contribution in [0.2, 0.25) is 0 Å². The average molecular weight is 202 g/mol. The monoisotopic (exact) mass is 202 g/mol. The Morgan fingerprint density at radius 3 is 2.43 bits per heavy atom. The summed E-state index contributed by atoms with van der Waals surface area (Å²) >= 11 is 0. The predicted molar refractivity (Wildman–Crippen MR) is 55.2 cm³/mol. The number of rotatable bonds is 3. The van der Waals surface area contributed by atoms with Crippen molar-refractivity contribution in [3.63, 3.8) is 0 Å². The lowest BCUT2D eigenvalue weighted by molar-refractivity contribution is -0.141. The van der Waals surface area contributed by atoms with Gasteiger partial charge in [-0.2, -0.15) is 0 Å². The van der Waals surface area contributed by atoms with Gasteiger partial charge in [0.05, 0.1) is 18.3 Å². The molecule has 1 aliphatic heterocycles. The van der Waals surface area contributed by atoms with Gasteiger partial charge in [-0.3, -0.25) is 0 Å². The molecule has 0 saturated carbocycles. The number of hydrogen-bond donors (Lipinski definition) is 0. The van der Waals surface area contributed by atoms with E-state index in [0.29, 0.717) is 6.61 Å². The second-order valence-corrected chi connectivity index (χ2v) is 5.20. The fourth-order valence-corrected chi connectivity index (χ4v) is 1.40. The molecule has 14 heavy (non-hydrogen) atoms. The van der Waals surface area contributed by atoms with E-state index >= 15 is 0 Å². The van der Waals surface area contributed by atoms with Crippen LogP contribution in [0.5, 0.6) is 0 Å². The molecule has 0 aliphatic carbocycles. The molecule has 1 aliphatic rings. The van der Waals surface area contributed by atoms with Crippen LogP contribution in [-0.4, -0.2) is 30.7 Å². The Hall–Kier alpha value is -0.120. The van der Waals surface area contributed by atoms with Crippen molar-refractivity contribution in [2.75, 3.05) is 13.2 Å². The molecule has 0 bridgehead atoms. The zero-order valence-electron chi connectivity index (χ0n) is 9.92. The topological polar surface area (TPSA) is 27.7 Å². The molecule has 1 unspecified atom stereocenters. The minimum Gasteiger partial charge on any atom is -0.376 e. The molecular formula is C11H22O3. The molecule has 1 atom stereocenters. The normalized spacial score (nSPS) is 26.8. The third-order valence-electron chi connectivity index (χ3n) is 2.04. The molecule has 0 radical (unpaired) electrons. The standard InChI is InChI=1S/C11H22O3/c1-10(2,3)12-7-6-9-8-13-11(4,5)14-9/h9H,6-8H2,1-5H3. The first kappa shape index (κ1) is 12.0. The molecule has 0 aromatic rings. The second-order valence-electron chi connectivity index (χ2n) is 5.20. The largest absolute Gasteiger partial charge is 0.376 e. The molecule has 0 spiro atoms. The van der Waals surface area contributed by atoms with Gasteiger partial charge < -0.3 is 14.2 Å². The molecular weight excluding hydrogens is 180 g/mol. The van der Waals surface area contributed by atoms with E-state index < -0.39 is 5.79 Å². The Morgan fingerprint density at radius 2 is 2.00 bits per heavy atom. The Bertz CT molecular complexity index is 181. The molecule has 1 fully saturated rings. The first-order chi connectivity index (χ1) is 6.29. The highest BCUT2D eigenvalue weighted by molar-refractivity contribution is 4.71. The van der Waals surface area contributed by atoms with Gasteiger partial charge in [0.25, 0.3) is 0 Å². The van der Waals surface area contributed by atoms with Gasteiger partial charge in [-0.15, -0.1) is 0 Å². The van der Waals surface area contributed by atoms with Gasteiger partial charge in [-0.1, -0.05) is 0 Å². The summed E-state index contributed by atoms with van der Waals surface area (Å²) in [7, 11) is 0. The maximum absolute atomic E-state index is 5.66. The van der Waals surface area contributed by atoms with Crippen LogP contribution in [0.1, 0.15) is 41.0 Å². The van der Waals surface area contributed by atoms with Crippen molar-refractivity contribution >= 4 is 0 Å². The van der Waals surface area contributed by atoms with E-state index in [1.165, 1.54) is 0 Å². The van der Waals surface area contributed by atoms with Crippen LogP contribution >= 0.6 is 0 Å². The van der Waals surface area contributed by atoms with Crippen molar-refractivity contribution in [1.82, 2.24) is 0 Å². The van der Waals surface area contributed by atoms with E-state index in [1.54, 1.807) is 0 Å². The summed E-state index contributed by atoms with van der Waals surface area (Å²) in [5, 5.41) is 0. The Kier molecular flexibility index (Phi) is 3.56. The van der Waals surface area contributed by atoms with Gasteiger partial charge in [0.2, 0.25) is 0 Å². The molecule has 1 saturated heterocycles. The van der Waals surface area contributed by atoms with Gasteiger partial charge in [0, 0.05) is 6.61 Å². The summed E-state index contributed by atoms with van der Waals surface area (Å²) in [6.07, 6.45) is 1.09. The molecule has 3 nitrogen and oxygen atoms in total. The average Bonchev–Trinajstić information content (AvgIpc) is 2.27. The van der Waals surface area contributed by atoms with Crippen LogP contribution in [0.25, 0.3) is 0 Å². The highest BCUT2D eigenvalue weighted by Gasteiger charge is 2.32. The minimum absolute atomic E-state index is 0.0605. The summed E-state index contributed by atoms with van der Waals surface area (Å²) in [4.78, 5) is 0. The molecule has 0 N–H and O–H groups in total. The quantitative estimate of drug-likeness (QED) is 0.703. The van der Waals surface area contributed by atoms with Crippen LogP contribution in [0, 0.1) is 0 Å². The van der Waals surface area contributed by atoms with Crippen LogP contribution in [-0.2, 0) is 14.2 Å². The van der Waals surface area contributed by atoms with Crippen LogP contribution in [0.3, 0.4) is 0 Å². The minimum atomic E-state index is -0.410.